The summed E-state index contributed by atoms with van der Waals surface area (Å²) in [5, 5.41) is 0. The zero-order valence-corrected chi connectivity index (χ0v) is 15.7. The number of benzene rings is 1. The summed E-state index contributed by atoms with van der Waals surface area (Å²) in [6, 6.07) is 1.48. The Morgan fingerprint density at radius 1 is 1.19 bits per heavy atom. The van der Waals surface area contributed by atoms with Crippen molar-refractivity contribution in [1.82, 2.24) is 4.90 Å². The number of fused-ring (bicyclic) bond motifs is 1. The molecular weight excluding hydrogens is 342 g/mol. The Kier molecular flexibility index (Phi) is 5.97. The minimum Gasteiger partial charge on any atom is -0.492 e. The number of rotatable bonds is 7. The number of nitrogens with zero attached hydrogens (tertiary/aromatic N) is 1. The van der Waals surface area contributed by atoms with Crippen LogP contribution in [0.4, 0.5) is 0 Å². The molecule has 142 valence electrons. The maximum Gasteiger partial charge on any atom is 0.343 e. The molecule has 0 aliphatic carbocycles. The molecule has 8 nitrogen and oxygen atoms in total. The van der Waals surface area contributed by atoms with Crippen molar-refractivity contribution in [1.29, 1.82) is 0 Å². The maximum atomic E-state index is 13.1. The summed E-state index contributed by atoms with van der Waals surface area (Å²) < 4.78 is 26.8. The van der Waals surface area contributed by atoms with Crippen LogP contribution in [0.2, 0.25) is 0 Å². The van der Waals surface area contributed by atoms with E-state index in [1.54, 1.807) is 32.8 Å². The molecule has 1 aliphatic heterocycles. The summed E-state index contributed by atoms with van der Waals surface area (Å²) in [5.41, 5.74) is -0.0222. The molecule has 2 rings (SSSR count). The molecule has 0 spiro atoms. The van der Waals surface area contributed by atoms with E-state index in [4.69, 9.17) is 23.7 Å². The molecule has 0 unspecified atom stereocenters. The van der Waals surface area contributed by atoms with Crippen molar-refractivity contribution in [2.24, 2.45) is 0 Å². The van der Waals surface area contributed by atoms with Gasteiger partial charge < -0.3 is 28.6 Å². The lowest BCUT2D eigenvalue weighted by molar-refractivity contribution is -0.138. The highest BCUT2D eigenvalue weighted by atomic mass is 16.7. The SMILES string of the molecule is CCOC(=O)/C(=C\N(C)C)C(=O)c1cc2c(c(OC)c1OC)O[C@@H](C)O2. The highest BCUT2D eigenvalue weighted by Crippen LogP contribution is 2.50. The van der Waals surface area contributed by atoms with Gasteiger partial charge in [-0.15, -0.1) is 0 Å². The van der Waals surface area contributed by atoms with E-state index in [-0.39, 0.29) is 29.2 Å². The molecule has 26 heavy (non-hydrogen) atoms. The number of methoxy groups -OCH3 is 2. The molecule has 1 heterocycles. The molecular formula is C18H23NO7. The first-order valence-electron chi connectivity index (χ1n) is 8.06. The van der Waals surface area contributed by atoms with Gasteiger partial charge in [0.15, 0.2) is 11.5 Å². The summed E-state index contributed by atoms with van der Waals surface area (Å²) in [6.07, 6.45) is 0.871. The molecule has 1 aromatic carbocycles. The van der Waals surface area contributed by atoms with Crippen LogP contribution < -0.4 is 18.9 Å². The second kappa shape index (κ2) is 7.99. The zero-order chi connectivity index (χ0) is 19.4. The largest absolute Gasteiger partial charge is 0.492 e. The highest BCUT2D eigenvalue weighted by molar-refractivity contribution is 6.25. The van der Waals surface area contributed by atoms with E-state index in [0.29, 0.717) is 11.5 Å². The monoisotopic (exact) mass is 365 g/mol. The quantitative estimate of drug-likeness (QED) is 0.239. The molecule has 0 amide bonds. The molecule has 0 bridgehead atoms. The normalized spacial score (nSPS) is 15.5. The fourth-order valence-corrected chi connectivity index (χ4v) is 2.54. The average Bonchev–Trinajstić information content (AvgIpc) is 2.97. The van der Waals surface area contributed by atoms with Crippen LogP contribution in [0.25, 0.3) is 0 Å². The highest BCUT2D eigenvalue weighted by Gasteiger charge is 2.34. The fourth-order valence-electron chi connectivity index (χ4n) is 2.54. The number of esters is 1. The van der Waals surface area contributed by atoms with Crippen molar-refractivity contribution in [2.45, 2.75) is 20.1 Å². The second-order valence-electron chi connectivity index (χ2n) is 5.68. The Hall–Kier alpha value is -2.90. The van der Waals surface area contributed by atoms with E-state index in [9.17, 15) is 9.59 Å². The minimum atomic E-state index is -0.724. The van der Waals surface area contributed by atoms with Crippen molar-refractivity contribution in [3.05, 3.63) is 23.4 Å². The Morgan fingerprint density at radius 2 is 1.85 bits per heavy atom. The number of carbonyl (C=O) groups is 2. The minimum absolute atomic E-state index is 0.113. The van der Waals surface area contributed by atoms with Gasteiger partial charge in [0.1, 0.15) is 5.57 Å². The molecule has 0 fully saturated rings. The first-order chi connectivity index (χ1) is 12.3. The predicted molar refractivity (Wildman–Crippen MR) is 93.0 cm³/mol. The summed E-state index contributed by atoms with van der Waals surface area (Å²) in [7, 11) is 6.23. The van der Waals surface area contributed by atoms with Crippen LogP contribution in [0.1, 0.15) is 24.2 Å². The zero-order valence-electron chi connectivity index (χ0n) is 15.7. The lowest BCUT2D eigenvalue weighted by Crippen LogP contribution is -2.20. The summed E-state index contributed by atoms with van der Waals surface area (Å²) in [6.45, 7) is 3.53. The van der Waals surface area contributed by atoms with E-state index in [0.717, 1.165) is 0 Å². The Balaban J connectivity index is 2.60. The fraction of sp³-hybridized carbons (Fsp3) is 0.444. The van der Waals surface area contributed by atoms with Gasteiger partial charge in [0, 0.05) is 27.2 Å². The van der Waals surface area contributed by atoms with E-state index in [1.165, 1.54) is 26.5 Å². The predicted octanol–water partition coefficient (Wildman–Crippen LogP) is 2.01. The Morgan fingerprint density at radius 3 is 2.38 bits per heavy atom. The van der Waals surface area contributed by atoms with Gasteiger partial charge in [0.25, 0.3) is 0 Å². The number of ether oxygens (including phenoxy) is 5. The number of hydrogen-bond donors (Lipinski definition) is 0. The lowest BCUT2D eigenvalue weighted by Gasteiger charge is -2.16. The number of carbonyl (C=O) groups excluding carboxylic acids is 2. The smallest absolute Gasteiger partial charge is 0.343 e. The van der Waals surface area contributed by atoms with Crippen LogP contribution in [0.3, 0.4) is 0 Å². The van der Waals surface area contributed by atoms with Crippen LogP contribution in [-0.2, 0) is 9.53 Å². The van der Waals surface area contributed by atoms with Gasteiger partial charge in [-0.25, -0.2) is 4.79 Å². The topological polar surface area (TPSA) is 83.5 Å². The molecule has 1 atom stereocenters. The van der Waals surface area contributed by atoms with Gasteiger partial charge >= 0.3 is 5.97 Å². The second-order valence-corrected chi connectivity index (χ2v) is 5.68. The average molecular weight is 365 g/mol. The van der Waals surface area contributed by atoms with E-state index >= 15 is 0 Å². The van der Waals surface area contributed by atoms with Gasteiger partial charge in [-0.05, 0) is 13.0 Å². The van der Waals surface area contributed by atoms with Crippen LogP contribution in [0.15, 0.2) is 17.8 Å². The summed E-state index contributed by atoms with van der Waals surface area (Å²) in [4.78, 5) is 27.0. The number of ketones is 1. The third-order valence-corrected chi connectivity index (χ3v) is 3.51. The van der Waals surface area contributed by atoms with Crippen molar-refractivity contribution in [2.75, 3.05) is 34.9 Å². The Bertz CT molecular complexity index is 740. The van der Waals surface area contributed by atoms with Crippen LogP contribution >= 0.6 is 0 Å². The van der Waals surface area contributed by atoms with Gasteiger partial charge in [-0.3, -0.25) is 4.79 Å². The van der Waals surface area contributed by atoms with E-state index < -0.39 is 18.0 Å². The van der Waals surface area contributed by atoms with Gasteiger partial charge in [0.05, 0.1) is 26.4 Å². The lowest BCUT2D eigenvalue weighted by atomic mass is 10.0. The molecule has 1 aromatic rings. The number of hydrogen-bond acceptors (Lipinski definition) is 8. The van der Waals surface area contributed by atoms with Gasteiger partial charge in [-0.1, -0.05) is 0 Å². The van der Waals surface area contributed by atoms with E-state index in [2.05, 4.69) is 0 Å². The molecule has 8 heteroatoms. The first-order valence-corrected chi connectivity index (χ1v) is 8.06. The van der Waals surface area contributed by atoms with Crippen molar-refractivity contribution >= 4 is 11.8 Å². The van der Waals surface area contributed by atoms with E-state index in [1.807, 2.05) is 0 Å². The van der Waals surface area contributed by atoms with Crippen molar-refractivity contribution in [3.63, 3.8) is 0 Å². The van der Waals surface area contributed by atoms with Crippen LogP contribution in [-0.4, -0.2) is 57.9 Å². The maximum absolute atomic E-state index is 13.1. The Labute approximate surface area is 152 Å². The molecule has 0 radical (unpaired) electrons. The van der Waals surface area contributed by atoms with Crippen LogP contribution in [0, 0.1) is 0 Å². The summed E-state index contributed by atoms with van der Waals surface area (Å²) >= 11 is 0. The van der Waals surface area contributed by atoms with Crippen molar-refractivity contribution < 1.29 is 33.3 Å². The van der Waals surface area contributed by atoms with Crippen LogP contribution in [0.5, 0.6) is 23.0 Å². The number of Topliss-reactive ketones (excluding diaryl/α,β-unsaturated/α-hetero) is 1. The van der Waals surface area contributed by atoms with Gasteiger partial charge in [-0.2, -0.15) is 0 Å². The van der Waals surface area contributed by atoms with Crippen molar-refractivity contribution in [3.8, 4) is 23.0 Å². The summed E-state index contributed by atoms with van der Waals surface area (Å²) in [5.74, 6) is -0.223. The molecule has 0 saturated carbocycles. The molecule has 0 N–H and O–H groups in total. The molecule has 0 saturated heterocycles. The standard InChI is InChI=1S/C18H23NO7/c1-7-24-18(21)12(9-19(3)4)14(20)11-8-13-16(26-10(2)25-13)17(23-6)15(11)22-5/h8-10H,7H2,1-6H3/b12-9-/t10-/m0/s1. The van der Waals surface area contributed by atoms with Gasteiger partial charge in [0.2, 0.25) is 23.6 Å². The first kappa shape index (κ1) is 19.4. The third-order valence-electron chi connectivity index (χ3n) is 3.51. The molecule has 0 aromatic heterocycles. The molecule has 1 aliphatic rings. The third kappa shape index (κ3) is 3.68.